The van der Waals surface area contributed by atoms with E-state index < -0.39 is 29.4 Å². The second-order valence-electron chi connectivity index (χ2n) is 7.87. The number of aryl methyl sites for hydroxylation is 1. The molecule has 32 heavy (non-hydrogen) atoms. The molecule has 4 N–H and O–H groups in total. The van der Waals surface area contributed by atoms with E-state index in [-0.39, 0.29) is 31.0 Å². The molecule has 0 saturated carbocycles. The van der Waals surface area contributed by atoms with Gasteiger partial charge in [0.15, 0.2) is 0 Å². The van der Waals surface area contributed by atoms with E-state index in [9.17, 15) is 24.0 Å². The highest BCUT2D eigenvalue weighted by Gasteiger charge is 2.21. The van der Waals surface area contributed by atoms with Crippen molar-refractivity contribution in [1.29, 1.82) is 0 Å². The van der Waals surface area contributed by atoms with Crippen molar-refractivity contribution >= 4 is 29.4 Å². The van der Waals surface area contributed by atoms with Gasteiger partial charge < -0.3 is 25.6 Å². The van der Waals surface area contributed by atoms with Crippen LogP contribution >= 0.6 is 0 Å². The molecule has 0 aliphatic rings. The van der Waals surface area contributed by atoms with Crippen molar-refractivity contribution in [3.05, 3.63) is 40.3 Å². The maximum Gasteiger partial charge on any atom is 0.327 e. The number of pyridine rings is 1. The summed E-state index contributed by atoms with van der Waals surface area (Å²) >= 11 is 0. The third-order valence-electron chi connectivity index (χ3n) is 4.57. The van der Waals surface area contributed by atoms with Crippen LogP contribution in [0.15, 0.2) is 29.1 Å². The number of allylic oxidation sites excluding steroid dienone is 1. The largest absolute Gasteiger partial charge is 0.478 e. The lowest BCUT2D eigenvalue weighted by molar-refractivity contribution is -0.131. The second kappa shape index (κ2) is 13.1. The Labute approximate surface area is 187 Å². The molecule has 0 spiro atoms. The average molecular weight is 449 g/mol. The van der Waals surface area contributed by atoms with Crippen LogP contribution in [-0.4, -0.2) is 46.0 Å². The summed E-state index contributed by atoms with van der Waals surface area (Å²) in [5, 5.41) is 16.4. The number of carbonyl (C=O) groups is 4. The minimum Gasteiger partial charge on any atom is -0.478 e. The van der Waals surface area contributed by atoms with Crippen LogP contribution in [0, 0.1) is 12.8 Å². The van der Waals surface area contributed by atoms with Crippen molar-refractivity contribution in [3.8, 4) is 0 Å². The van der Waals surface area contributed by atoms with E-state index in [1.165, 1.54) is 23.6 Å². The van der Waals surface area contributed by atoms with Gasteiger partial charge in [-0.1, -0.05) is 19.9 Å². The number of carboxylic acids is 1. The van der Waals surface area contributed by atoms with Crippen LogP contribution in [0.1, 0.15) is 45.7 Å². The number of aliphatic carboxylic acids is 1. The molecule has 10 nitrogen and oxygen atoms in total. The van der Waals surface area contributed by atoms with Gasteiger partial charge >= 0.3 is 5.97 Å². The summed E-state index contributed by atoms with van der Waals surface area (Å²) in [5.74, 6) is -2.03. The molecule has 1 aromatic heterocycles. The Hall–Kier alpha value is -3.43. The summed E-state index contributed by atoms with van der Waals surface area (Å²) < 4.78 is 1.27. The molecule has 0 bridgehead atoms. The first-order chi connectivity index (χ1) is 15.0. The van der Waals surface area contributed by atoms with Crippen molar-refractivity contribution in [2.24, 2.45) is 5.92 Å². The minimum absolute atomic E-state index is 0.0213. The lowest BCUT2D eigenvalue weighted by Crippen LogP contribution is -2.44. The number of rotatable bonds is 12. The number of nitrogens with zero attached hydrogens (tertiary/aromatic N) is 1. The van der Waals surface area contributed by atoms with Crippen LogP contribution in [0.5, 0.6) is 0 Å². The van der Waals surface area contributed by atoms with Crippen LogP contribution < -0.4 is 21.5 Å². The van der Waals surface area contributed by atoms with Gasteiger partial charge in [-0.3, -0.25) is 19.2 Å². The topological polar surface area (TPSA) is 147 Å². The summed E-state index contributed by atoms with van der Waals surface area (Å²) in [6.07, 6.45) is 3.53. The first-order valence-electron chi connectivity index (χ1n) is 10.5. The molecule has 1 atom stereocenters. The fraction of sp³-hybridized carbons (Fsp3) is 0.500. The Morgan fingerprint density at radius 3 is 2.44 bits per heavy atom. The maximum atomic E-state index is 12.8. The highest BCUT2D eigenvalue weighted by atomic mass is 16.4. The smallest absolute Gasteiger partial charge is 0.327 e. The fourth-order valence-corrected chi connectivity index (χ4v) is 2.84. The van der Waals surface area contributed by atoms with Gasteiger partial charge in [-0.2, -0.15) is 0 Å². The summed E-state index contributed by atoms with van der Waals surface area (Å²) in [5.41, 5.74) is 0.000875. The number of hydrogen-bond acceptors (Lipinski definition) is 5. The van der Waals surface area contributed by atoms with E-state index >= 15 is 0 Å². The molecular weight excluding hydrogens is 416 g/mol. The minimum atomic E-state index is -1.11. The molecule has 1 unspecified atom stereocenters. The van der Waals surface area contributed by atoms with Crippen molar-refractivity contribution in [2.75, 3.05) is 11.9 Å². The lowest BCUT2D eigenvalue weighted by Gasteiger charge is -2.18. The van der Waals surface area contributed by atoms with Crippen molar-refractivity contribution in [3.63, 3.8) is 0 Å². The van der Waals surface area contributed by atoms with Crippen LogP contribution in [0.3, 0.4) is 0 Å². The number of nitrogens with one attached hydrogen (secondary N) is 3. The number of hydrogen-bond donors (Lipinski definition) is 4. The molecule has 1 rings (SSSR count). The Balaban J connectivity index is 2.92. The van der Waals surface area contributed by atoms with Gasteiger partial charge in [0.2, 0.25) is 17.7 Å². The average Bonchev–Trinajstić information content (AvgIpc) is 2.68. The van der Waals surface area contributed by atoms with Gasteiger partial charge in [0.25, 0.3) is 5.56 Å². The van der Waals surface area contributed by atoms with E-state index in [4.69, 9.17) is 5.11 Å². The zero-order valence-corrected chi connectivity index (χ0v) is 18.9. The standard InChI is InChI=1S/C22H32N4O6/c1-14(2)11-12-23-19(28)13-26-15(3)9-10-18(22(26)32)25-21(31)17(24-16(4)27)7-5-6-8-20(29)30/h6,8-10,14,17H,5,7,11-13H2,1-4H3,(H,23,28)(H,24,27)(H,25,31)(H,29,30)/b8-6+. The predicted molar refractivity (Wildman–Crippen MR) is 120 cm³/mol. The van der Waals surface area contributed by atoms with Gasteiger partial charge in [0, 0.05) is 25.2 Å². The third-order valence-corrected chi connectivity index (χ3v) is 4.57. The SMILES string of the molecule is CC(=O)NC(CC/C=C/C(=O)O)C(=O)Nc1ccc(C)n(CC(=O)NCCC(C)C)c1=O. The Morgan fingerprint density at radius 1 is 1.16 bits per heavy atom. The van der Waals surface area contributed by atoms with Crippen LogP contribution in [0.4, 0.5) is 5.69 Å². The van der Waals surface area contributed by atoms with E-state index in [0.717, 1.165) is 12.5 Å². The maximum absolute atomic E-state index is 12.8. The molecule has 1 aromatic rings. The summed E-state index contributed by atoms with van der Waals surface area (Å²) in [6, 6.07) is 2.10. The first-order valence-corrected chi connectivity index (χ1v) is 10.5. The molecule has 1 heterocycles. The Morgan fingerprint density at radius 2 is 1.84 bits per heavy atom. The molecule has 0 radical (unpaired) electrons. The monoisotopic (exact) mass is 448 g/mol. The van der Waals surface area contributed by atoms with Gasteiger partial charge in [-0.25, -0.2) is 4.79 Å². The molecule has 0 aliphatic heterocycles. The van der Waals surface area contributed by atoms with Crippen molar-refractivity contribution < 1.29 is 24.3 Å². The molecule has 10 heteroatoms. The summed E-state index contributed by atoms with van der Waals surface area (Å²) in [7, 11) is 0. The van der Waals surface area contributed by atoms with Gasteiger partial charge in [-0.05, 0) is 44.2 Å². The summed E-state index contributed by atoms with van der Waals surface area (Å²) in [6.45, 7) is 7.36. The Kier molecular flexibility index (Phi) is 10.9. The number of aromatic nitrogens is 1. The number of carboxylic acid groups (broad SMARTS) is 1. The quantitative estimate of drug-likeness (QED) is 0.353. The van der Waals surface area contributed by atoms with Gasteiger partial charge in [-0.15, -0.1) is 0 Å². The van der Waals surface area contributed by atoms with Gasteiger partial charge in [0.05, 0.1) is 0 Å². The predicted octanol–water partition coefficient (Wildman–Crippen LogP) is 1.18. The number of carbonyl (C=O) groups excluding carboxylic acids is 3. The highest BCUT2D eigenvalue weighted by Crippen LogP contribution is 2.07. The van der Waals surface area contributed by atoms with E-state index in [0.29, 0.717) is 18.2 Å². The molecule has 0 aliphatic carbocycles. The molecular formula is C22H32N4O6. The number of amides is 3. The van der Waals surface area contributed by atoms with E-state index in [1.807, 2.05) is 13.8 Å². The van der Waals surface area contributed by atoms with E-state index in [2.05, 4.69) is 16.0 Å². The Bertz CT molecular complexity index is 919. The molecule has 176 valence electrons. The zero-order chi connectivity index (χ0) is 24.3. The first kappa shape index (κ1) is 26.6. The van der Waals surface area contributed by atoms with Gasteiger partial charge in [0.1, 0.15) is 18.3 Å². The zero-order valence-electron chi connectivity index (χ0n) is 18.9. The third kappa shape index (κ3) is 9.59. The molecule has 3 amide bonds. The van der Waals surface area contributed by atoms with Crippen LogP contribution in [0.25, 0.3) is 0 Å². The highest BCUT2D eigenvalue weighted by molar-refractivity contribution is 5.96. The molecule has 0 aromatic carbocycles. The lowest BCUT2D eigenvalue weighted by atomic mass is 10.1. The van der Waals surface area contributed by atoms with Crippen molar-refractivity contribution in [1.82, 2.24) is 15.2 Å². The summed E-state index contributed by atoms with van der Waals surface area (Å²) in [4.78, 5) is 59.7. The normalized spacial score (nSPS) is 11.9. The fourth-order valence-electron chi connectivity index (χ4n) is 2.84. The van der Waals surface area contributed by atoms with Crippen molar-refractivity contribution in [2.45, 2.75) is 59.5 Å². The van der Waals surface area contributed by atoms with E-state index in [1.54, 1.807) is 13.0 Å². The molecule has 0 saturated heterocycles. The second-order valence-corrected chi connectivity index (χ2v) is 7.87. The molecule has 0 fully saturated rings. The van der Waals surface area contributed by atoms with Crippen LogP contribution in [0.2, 0.25) is 0 Å². The van der Waals surface area contributed by atoms with Crippen LogP contribution in [-0.2, 0) is 25.7 Å². The number of anilines is 1.